The van der Waals surface area contributed by atoms with Gasteiger partial charge in [0.15, 0.2) is 4.34 Å². The monoisotopic (exact) mass is 292 g/mol. The van der Waals surface area contributed by atoms with Gasteiger partial charge in [-0.25, -0.2) is 4.98 Å². The summed E-state index contributed by atoms with van der Waals surface area (Å²) in [5.41, 5.74) is 2.16. The van der Waals surface area contributed by atoms with E-state index in [0.717, 1.165) is 15.6 Å². The molecule has 0 aliphatic carbocycles. The maximum atomic E-state index is 12.0. The van der Waals surface area contributed by atoms with Gasteiger partial charge in [0.05, 0.1) is 5.75 Å². The Balaban J connectivity index is 1.82. The number of hydrogen-bond acceptors (Lipinski definition) is 4. The van der Waals surface area contributed by atoms with Crippen molar-refractivity contribution in [2.75, 3.05) is 12.8 Å². The molecule has 2 aromatic rings. The van der Waals surface area contributed by atoms with Crippen LogP contribution >= 0.6 is 23.1 Å². The van der Waals surface area contributed by atoms with Crippen LogP contribution in [-0.4, -0.2) is 28.6 Å². The fourth-order valence-corrected chi connectivity index (χ4v) is 3.37. The normalized spacial score (nSPS) is 10.4. The first kappa shape index (κ1) is 14.1. The fraction of sp³-hybridized carbons (Fsp3) is 0.286. The minimum absolute atomic E-state index is 0.127. The molecule has 0 spiro atoms. The van der Waals surface area contributed by atoms with Crippen LogP contribution in [0.5, 0.6) is 0 Å². The van der Waals surface area contributed by atoms with E-state index in [2.05, 4.69) is 4.98 Å². The molecule has 0 fully saturated rings. The van der Waals surface area contributed by atoms with Crippen molar-refractivity contribution in [2.24, 2.45) is 0 Å². The molecule has 0 unspecified atom stereocenters. The highest BCUT2D eigenvalue weighted by atomic mass is 32.2. The van der Waals surface area contributed by atoms with E-state index in [1.807, 2.05) is 49.7 Å². The molecule has 0 N–H and O–H groups in total. The van der Waals surface area contributed by atoms with Gasteiger partial charge in [-0.15, -0.1) is 11.3 Å². The molecule has 1 aromatic carbocycles. The largest absolute Gasteiger partial charge is 0.341 e. The third-order valence-electron chi connectivity index (χ3n) is 2.61. The summed E-state index contributed by atoms with van der Waals surface area (Å²) >= 11 is 3.09. The molecule has 1 amide bonds. The zero-order chi connectivity index (χ0) is 13.7. The summed E-state index contributed by atoms with van der Waals surface area (Å²) in [6.45, 7) is 2.61. The summed E-state index contributed by atoms with van der Waals surface area (Å²) in [5.74, 6) is 0.567. The Morgan fingerprint density at radius 3 is 2.74 bits per heavy atom. The van der Waals surface area contributed by atoms with Crippen LogP contribution in [0.2, 0.25) is 0 Å². The van der Waals surface area contributed by atoms with Crippen molar-refractivity contribution < 1.29 is 4.79 Å². The smallest absolute Gasteiger partial charge is 0.233 e. The highest BCUT2D eigenvalue weighted by Crippen LogP contribution is 2.22. The molecular weight excluding hydrogens is 276 g/mol. The molecule has 0 radical (unpaired) electrons. The van der Waals surface area contributed by atoms with E-state index < -0.39 is 0 Å². The first-order valence-electron chi connectivity index (χ1n) is 5.98. The van der Waals surface area contributed by atoms with Crippen molar-refractivity contribution in [3.8, 4) is 0 Å². The zero-order valence-corrected chi connectivity index (χ0v) is 12.6. The second-order valence-corrected chi connectivity index (χ2v) is 6.36. The number of nitrogens with zero attached hydrogens (tertiary/aromatic N) is 2. The minimum atomic E-state index is 0.127. The Morgan fingerprint density at radius 2 is 2.11 bits per heavy atom. The third kappa shape index (κ3) is 4.36. The number of thiazole rings is 1. The molecule has 1 heterocycles. The van der Waals surface area contributed by atoms with E-state index in [9.17, 15) is 4.79 Å². The molecule has 2 rings (SSSR count). The molecular formula is C14H16N2OS2. The number of aryl methyl sites for hydroxylation is 1. The summed E-state index contributed by atoms with van der Waals surface area (Å²) in [6.07, 6.45) is 0. The number of thioether (sulfide) groups is 1. The average Bonchev–Trinajstić information content (AvgIpc) is 2.83. The van der Waals surface area contributed by atoms with Gasteiger partial charge in [0.25, 0.3) is 0 Å². The van der Waals surface area contributed by atoms with Gasteiger partial charge < -0.3 is 4.90 Å². The number of carbonyl (C=O) groups excluding carboxylic acids is 1. The topological polar surface area (TPSA) is 33.2 Å². The highest BCUT2D eigenvalue weighted by Gasteiger charge is 2.10. The van der Waals surface area contributed by atoms with Gasteiger partial charge in [-0.05, 0) is 12.5 Å². The molecule has 0 saturated carbocycles. The Labute approximate surface area is 121 Å². The van der Waals surface area contributed by atoms with E-state index >= 15 is 0 Å². The van der Waals surface area contributed by atoms with Gasteiger partial charge in [-0.1, -0.05) is 42.1 Å². The number of hydrogen-bond donors (Lipinski definition) is 0. The van der Waals surface area contributed by atoms with E-state index in [-0.39, 0.29) is 5.91 Å². The lowest BCUT2D eigenvalue weighted by atomic mass is 10.2. The van der Waals surface area contributed by atoms with Crippen molar-refractivity contribution in [3.05, 3.63) is 47.0 Å². The predicted molar refractivity (Wildman–Crippen MR) is 80.5 cm³/mol. The second kappa shape index (κ2) is 6.73. The van der Waals surface area contributed by atoms with Crippen LogP contribution in [0.3, 0.4) is 0 Å². The SMILES string of the molecule is Cc1csc(SCC(=O)N(C)Cc2ccccc2)n1. The number of carbonyl (C=O) groups is 1. The maximum Gasteiger partial charge on any atom is 0.233 e. The van der Waals surface area contributed by atoms with Crippen molar-refractivity contribution in [2.45, 2.75) is 17.8 Å². The van der Waals surface area contributed by atoms with E-state index in [1.54, 1.807) is 16.2 Å². The van der Waals surface area contributed by atoms with Crippen LogP contribution in [0, 0.1) is 6.92 Å². The fourth-order valence-electron chi connectivity index (χ4n) is 1.58. The Morgan fingerprint density at radius 1 is 1.37 bits per heavy atom. The first-order chi connectivity index (χ1) is 9.15. The first-order valence-corrected chi connectivity index (χ1v) is 7.84. The van der Waals surface area contributed by atoms with Crippen LogP contribution in [0.25, 0.3) is 0 Å². The summed E-state index contributed by atoms with van der Waals surface area (Å²) in [6, 6.07) is 10.0. The van der Waals surface area contributed by atoms with E-state index in [4.69, 9.17) is 0 Å². The second-order valence-electron chi connectivity index (χ2n) is 4.28. The molecule has 0 aliphatic heterocycles. The summed E-state index contributed by atoms with van der Waals surface area (Å²) in [7, 11) is 1.84. The number of amides is 1. The molecule has 5 heteroatoms. The Hall–Kier alpha value is -1.33. The number of rotatable bonds is 5. The zero-order valence-electron chi connectivity index (χ0n) is 11.0. The molecule has 0 saturated heterocycles. The minimum Gasteiger partial charge on any atom is -0.341 e. The standard InChI is InChI=1S/C14H16N2OS2/c1-11-9-18-14(15-11)19-10-13(17)16(2)8-12-6-4-3-5-7-12/h3-7,9H,8,10H2,1-2H3. The lowest BCUT2D eigenvalue weighted by molar-refractivity contribution is -0.127. The van der Waals surface area contributed by atoms with Gasteiger partial charge in [0.1, 0.15) is 0 Å². The van der Waals surface area contributed by atoms with Crippen molar-refractivity contribution in [1.82, 2.24) is 9.88 Å². The molecule has 3 nitrogen and oxygen atoms in total. The molecule has 0 bridgehead atoms. The van der Waals surface area contributed by atoms with Crippen LogP contribution in [0.4, 0.5) is 0 Å². The molecule has 1 aromatic heterocycles. The van der Waals surface area contributed by atoms with Crippen molar-refractivity contribution in [3.63, 3.8) is 0 Å². The summed E-state index contributed by atoms with van der Waals surface area (Å²) in [4.78, 5) is 18.1. The molecule has 0 atom stereocenters. The van der Waals surface area contributed by atoms with Gasteiger partial charge >= 0.3 is 0 Å². The predicted octanol–water partition coefficient (Wildman–Crippen LogP) is 3.20. The highest BCUT2D eigenvalue weighted by molar-refractivity contribution is 8.01. The molecule has 19 heavy (non-hydrogen) atoms. The van der Waals surface area contributed by atoms with Crippen molar-refractivity contribution in [1.29, 1.82) is 0 Å². The Bertz CT molecular complexity index is 539. The summed E-state index contributed by atoms with van der Waals surface area (Å²) < 4.78 is 0.957. The molecule has 0 aliphatic rings. The van der Waals surface area contributed by atoms with Crippen LogP contribution < -0.4 is 0 Å². The average molecular weight is 292 g/mol. The van der Waals surface area contributed by atoms with Crippen LogP contribution in [-0.2, 0) is 11.3 Å². The maximum absolute atomic E-state index is 12.0. The van der Waals surface area contributed by atoms with Crippen molar-refractivity contribution >= 4 is 29.0 Å². The quantitative estimate of drug-likeness (QED) is 0.793. The lowest BCUT2D eigenvalue weighted by Crippen LogP contribution is -2.27. The Kier molecular flexibility index (Phi) is 4.99. The van der Waals surface area contributed by atoms with Crippen LogP contribution in [0.15, 0.2) is 40.1 Å². The van der Waals surface area contributed by atoms with E-state index in [0.29, 0.717) is 12.3 Å². The van der Waals surface area contributed by atoms with E-state index in [1.165, 1.54) is 11.8 Å². The van der Waals surface area contributed by atoms with Gasteiger partial charge in [-0.2, -0.15) is 0 Å². The van der Waals surface area contributed by atoms with Crippen LogP contribution in [0.1, 0.15) is 11.3 Å². The van der Waals surface area contributed by atoms with Gasteiger partial charge in [0, 0.05) is 24.7 Å². The number of benzene rings is 1. The molecule has 100 valence electrons. The summed E-state index contributed by atoms with van der Waals surface area (Å²) in [5, 5.41) is 2.00. The van der Waals surface area contributed by atoms with Gasteiger partial charge in [0.2, 0.25) is 5.91 Å². The number of aromatic nitrogens is 1. The lowest BCUT2D eigenvalue weighted by Gasteiger charge is -2.16. The van der Waals surface area contributed by atoms with Gasteiger partial charge in [-0.3, -0.25) is 4.79 Å². The third-order valence-corrected chi connectivity index (χ3v) is 4.73.